The Morgan fingerprint density at radius 1 is 1.28 bits per heavy atom. The second-order valence-corrected chi connectivity index (χ2v) is 5.62. The molecule has 0 bridgehead atoms. The zero-order chi connectivity index (χ0) is 13.1. The number of aryl methyl sites for hydroxylation is 1. The highest BCUT2D eigenvalue weighted by Gasteiger charge is 2.11. The molecule has 0 saturated carbocycles. The molecule has 18 heavy (non-hydrogen) atoms. The fourth-order valence-electron chi connectivity index (χ4n) is 1.75. The molecule has 0 aliphatic rings. The van der Waals surface area contributed by atoms with E-state index in [1.807, 2.05) is 25.1 Å². The summed E-state index contributed by atoms with van der Waals surface area (Å²) in [5.41, 5.74) is 2.96. The lowest BCUT2D eigenvalue weighted by molar-refractivity contribution is 0.809. The minimum Gasteiger partial charge on any atom is -0.376 e. The first-order valence-corrected chi connectivity index (χ1v) is 7.02. The number of rotatable bonds is 3. The van der Waals surface area contributed by atoms with E-state index in [1.165, 1.54) is 0 Å². The molecule has 1 aromatic heterocycles. The van der Waals surface area contributed by atoms with Gasteiger partial charge in [-0.05, 0) is 54.6 Å². The Labute approximate surface area is 125 Å². The third kappa shape index (κ3) is 3.11. The Morgan fingerprint density at radius 2 is 2.00 bits per heavy atom. The maximum absolute atomic E-state index is 5.94. The molecule has 1 atom stereocenters. The first kappa shape index (κ1) is 13.5. The number of halogens is 2. The van der Waals surface area contributed by atoms with E-state index in [2.05, 4.69) is 44.8 Å². The second-order valence-electron chi connectivity index (χ2n) is 4.02. The SMILES string of the molecule is Cc1nccnc1C(C)Nc1ccc(Cl)cc1I. The van der Waals surface area contributed by atoms with Crippen molar-refractivity contribution in [3.8, 4) is 0 Å². The van der Waals surface area contributed by atoms with E-state index in [1.54, 1.807) is 12.4 Å². The highest BCUT2D eigenvalue weighted by atomic mass is 127. The molecular weight excluding hydrogens is 361 g/mol. The van der Waals surface area contributed by atoms with Crippen LogP contribution in [0.4, 0.5) is 5.69 Å². The number of hydrogen-bond donors (Lipinski definition) is 1. The lowest BCUT2D eigenvalue weighted by Gasteiger charge is -2.17. The van der Waals surface area contributed by atoms with Crippen LogP contribution in [-0.2, 0) is 0 Å². The molecule has 0 aliphatic carbocycles. The molecule has 0 spiro atoms. The number of anilines is 1. The van der Waals surface area contributed by atoms with Crippen LogP contribution >= 0.6 is 34.2 Å². The van der Waals surface area contributed by atoms with Gasteiger partial charge in [0, 0.05) is 26.7 Å². The number of hydrogen-bond acceptors (Lipinski definition) is 3. The normalized spacial score (nSPS) is 12.2. The topological polar surface area (TPSA) is 37.8 Å². The second kappa shape index (κ2) is 5.84. The van der Waals surface area contributed by atoms with Gasteiger partial charge in [0.15, 0.2) is 0 Å². The van der Waals surface area contributed by atoms with Crippen LogP contribution in [0.1, 0.15) is 24.4 Å². The van der Waals surface area contributed by atoms with E-state index in [0.29, 0.717) is 0 Å². The third-order valence-electron chi connectivity index (χ3n) is 2.63. The molecule has 0 saturated heterocycles. The molecule has 2 rings (SSSR count). The van der Waals surface area contributed by atoms with Crippen LogP contribution in [0, 0.1) is 10.5 Å². The van der Waals surface area contributed by atoms with Crippen LogP contribution in [0.2, 0.25) is 5.02 Å². The maximum Gasteiger partial charge on any atom is 0.0835 e. The average molecular weight is 374 g/mol. The van der Waals surface area contributed by atoms with E-state index in [4.69, 9.17) is 11.6 Å². The predicted molar refractivity (Wildman–Crippen MR) is 83.0 cm³/mol. The quantitative estimate of drug-likeness (QED) is 0.819. The van der Waals surface area contributed by atoms with Crippen molar-refractivity contribution < 1.29 is 0 Å². The number of benzene rings is 1. The van der Waals surface area contributed by atoms with Gasteiger partial charge in [-0.2, -0.15) is 0 Å². The van der Waals surface area contributed by atoms with Gasteiger partial charge in [0.2, 0.25) is 0 Å². The average Bonchev–Trinajstić information content (AvgIpc) is 2.33. The van der Waals surface area contributed by atoms with Gasteiger partial charge in [-0.25, -0.2) is 0 Å². The summed E-state index contributed by atoms with van der Waals surface area (Å²) in [6.07, 6.45) is 3.42. The molecule has 0 aliphatic heterocycles. The molecule has 0 radical (unpaired) electrons. The first-order valence-electron chi connectivity index (χ1n) is 5.57. The smallest absolute Gasteiger partial charge is 0.0835 e. The summed E-state index contributed by atoms with van der Waals surface area (Å²) in [4.78, 5) is 8.62. The minimum atomic E-state index is 0.105. The van der Waals surface area contributed by atoms with Crippen LogP contribution in [0.15, 0.2) is 30.6 Å². The van der Waals surface area contributed by atoms with E-state index >= 15 is 0 Å². The van der Waals surface area contributed by atoms with E-state index in [-0.39, 0.29) is 6.04 Å². The first-order chi connectivity index (χ1) is 8.58. The molecule has 0 amide bonds. The summed E-state index contributed by atoms with van der Waals surface area (Å²) in [6, 6.07) is 5.89. The van der Waals surface area contributed by atoms with Crippen LogP contribution in [-0.4, -0.2) is 9.97 Å². The van der Waals surface area contributed by atoms with E-state index < -0.39 is 0 Å². The van der Waals surface area contributed by atoms with E-state index in [9.17, 15) is 0 Å². The summed E-state index contributed by atoms with van der Waals surface area (Å²) in [6.45, 7) is 4.04. The van der Waals surface area contributed by atoms with Crippen molar-refractivity contribution in [1.82, 2.24) is 9.97 Å². The number of aromatic nitrogens is 2. The third-order valence-corrected chi connectivity index (χ3v) is 3.76. The molecule has 1 N–H and O–H groups in total. The highest BCUT2D eigenvalue weighted by molar-refractivity contribution is 14.1. The standard InChI is InChI=1S/C13H13ClIN3/c1-8-13(17-6-5-16-8)9(2)18-12-4-3-10(14)7-11(12)15/h3-7,9,18H,1-2H3. The van der Waals surface area contributed by atoms with Gasteiger partial charge in [-0.15, -0.1) is 0 Å². The largest absolute Gasteiger partial charge is 0.376 e. The molecule has 1 aromatic carbocycles. The number of nitrogens with one attached hydrogen (secondary N) is 1. The van der Waals surface area contributed by atoms with Crippen molar-refractivity contribution >= 4 is 39.9 Å². The summed E-state index contributed by atoms with van der Waals surface area (Å²) in [5.74, 6) is 0. The molecule has 2 aromatic rings. The molecule has 1 heterocycles. The highest BCUT2D eigenvalue weighted by Crippen LogP contribution is 2.26. The minimum absolute atomic E-state index is 0.105. The van der Waals surface area contributed by atoms with E-state index in [0.717, 1.165) is 25.7 Å². The van der Waals surface area contributed by atoms with Gasteiger partial charge in [0.05, 0.1) is 17.4 Å². The van der Waals surface area contributed by atoms with Gasteiger partial charge in [-0.1, -0.05) is 11.6 Å². The van der Waals surface area contributed by atoms with Crippen LogP contribution in [0.3, 0.4) is 0 Å². The lowest BCUT2D eigenvalue weighted by Crippen LogP contribution is -2.11. The van der Waals surface area contributed by atoms with Crippen molar-refractivity contribution in [3.63, 3.8) is 0 Å². The van der Waals surface area contributed by atoms with Gasteiger partial charge in [0.25, 0.3) is 0 Å². The van der Waals surface area contributed by atoms with Crippen molar-refractivity contribution in [3.05, 3.63) is 50.6 Å². The van der Waals surface area contributed by atoms with Crippen LogP contribution in [0.5, 0.6) is 0 Å². The Bertz CT molecular complexity index is 560. The fraction of sp³-hybridized carbons (Fsp3) is 0.231. The van der Waals surface area contributed by atoms with Crippen molar-refractivity contribution in [1.29, 1.82) is 0 Å². The Hall–Kier alpha value is -0.880. The zero-order valence-electron chi connectivity index (χ0n) is 10.1. The van der Waals surface area contributed by atoms with Gasteiger partial charge >= 0.3 is 0 Å². The summed E-state index contributed by atoms with van der Waals surface area (Å²) < 4.78 is 1.09. The van der Waals surface area contributed by atoms with Crippen molar-refractivity contribution in [2.75, 3.05) is 5.32 Å². The summed E-state index contributed by atoms with van der Waals surface area (Å²) in [7, 11) is 0. The molecule has 5 heteroatoms. The summed E-state index contributed by atoms with van der Waals surface area (Å²) in [5, 5.41) is 4.17. The summed E-state index contributed by atoms with van der Waals surface area (Å²) >= 11 is 8.21. The Morgan fingerprint density at radius 3 is 2.67 bits per heavy atom. The van der Waals surface area contributed by atoms with Gasteiger partial charge in [-0.3, -0.25) is 9.97 Å². The van der Waals surface area contributed by atoms with Crippen molar-refractivity contribution in [2.45, 2.75) is 19.9 Å². The fourth-order valence-corrected chi connectivity index (χ4v) is 2.78. The van der Waals surface area contributed by atoms with Crippen LogP contribution in [0.25, 0.3) is 0 Å². The van der Waals surface area contributed by atoms with Crippen LogP contribution < -0.4 is 5.32 Å². The Balaban J connectivity index is 2.21. The molecular formula is C13H13ClIN3. The molecule has 94 valence electrons. The Kier molecular flexibility index (Phi) is 4.40. The lowest BCUT2D eigenvalue weighted by atomic mass is 10.2. The zero-order valence-corrected chi connectivity index (χ0v) is 13.0. The maximum atomic E-state index is 5.94. The number of nitrogens with zero attached hydrogens (tertiary/aromatic N) is 2. The molecule has 1 unspecified atom stereocenters. The monoisotopic (exact) mass is 373 g/mol. The van der Waals surface area contributed by atoms with Crippen molar-refractivity contribution in [2.24, 2.45) is 0 Å². The van der Waals surface area contributed by atoms with Gasteiger partial charge in [0.1, 0.15) is 0 Å². The molecule has 0 fully saturated rings. The predicted octanol–water partition coefficient (Wildman–Crippen LogP) is 4.22. The van der Waals surface area contributed by atoms with Gasteiger partial charge < -0.3 is 5.32 Å². The molecule has 3 nitrogen and oxygen atoms in total.